The molecule has 1 saturated carbocycles. The molecule has 2 amide bonds. The average molecular weight is 414 g/mol. The minimum absolute atomic E-state index is 0.0328. The number of carbonyl (C=O) groups excluding carboxylic acids is 2. The largest absolute Gasteiger partial charge is 0.324 e. The Morgan fingerprint density at radius 3 is 2.82 bits per heavy atom. The Morgan fingerprint density at radius 1 is 1.18 bits per heavy atom. The monoisotopic (exact) mass is 413 g/mol. The minimum Gasteiger partial charge on any atom is -0.324 e. The summed E-state index contributed by atoms with van der Waals surface area (Å²) in [6.45, 7) is 1.87. The number of anilines is 2. The van der Waals surface area contributed by atoms with E-state index in [1.165, 1.54) is 37.4 Å². The minimum atomic E-state index is -0.188. The van der Waals surface area contributed by atoms with Crippen molar-refractivity contribution in [3.8, 4) is 0 Å². The third-order valence-corrected chi connectivity index (χ3v) is 7.08. The SMILES string of the molecule is CC1Sc2ccc(C(=O)Nc3cccc(SNC4CCCC4)c3)cc2NC1=O. The van der Waals surface area contributed by atoms with Crippen molar-refractivity contribution in [1.29, 1.82) is 0 Å². The zero-order valence-electron chi connectivity index (χ0n) is 15.7. The molecule has 0 saturated heterocycles. The summed E-state index contributed by atoms with van der Waals surface area (Å²) in [7, 11) is 0. The van der Waals surface area contributed by atoms with Gasteiger partial charge in [0.05, 0.1) is 10.9 Å². The van der Waals surface area contributed by atoms with E-state index in [4.69, 9.17) is 0 Å². The molecule has 146 valence electrons. The molecule has 2 aromatic rings. The molecule has 1 aliphatic heterocycles. The van der Waals surface area contributed by atoms with Crippen LogP contribution in [0.15, 0.2) is 52.3 Å². The number of nitrogens with one attached hydrogen (secondary N) is 3. The summed E-state index contributed by atoms with van der Waals surface area (Å²) in [4.78, 5) is 26.6. The van der Waals surface area contributed by atoms with Crippen molar-refractivity contribution >= 4 is 46.9 Å². The molecule has 1 fully saturated rings. The topological polar surface area (TPSA) is 70.2 Å². The van der Waals surface area contributed by atoms with Crippen LogP contribution >= 0.6 is 23.7 Å². The van der Waals surface area contributed by atoms with Crippen molar-refractivity contribution in [2.24, 2.45) is 0 Å². The van der Waals surface area contributed by atoms with E-state index in [1.807, 2.05) is 37.3 Å². The maximum absolute atomic E-state index is 12.7. The van der Waals surface area contributed by atoms with Gasteiger partial charge in [-0.25, -0.2) is 0 Å². The molecular formula is C21H23N3O2S2. The molecule has 2 aliphatic rings. The molecule has 1 heterocycles. The van der Waals surface area contributed by atoms with Crippen molar-refractivity contribution in [3.05, 3.63) is 48.0 Å². The number of hydrogen-bond donors (Lipinski definition) is 3. The number of hydrogen-bond acceptors (Lipinski definition) is 5. The van der Waals surface area contributed by atoms with Gasteiger partial charge >= 0.3 is 0 Å². The van der Waals surface area contributed by atoms with Crippen LogP contribution in [-0.4, -0.2) is 23.1 Å². The molecule has 28 heavy (non-hydrogen) atoms. The molecule has 1 aliphatic carbocycles. The highest BCUT2D eigenvalue weighted by Gasteiger charge is 2.23. The third-order valence-electron chi connectivity index (χ3n) is 4.96. The second-order valence-corrected chi connectivity index (χ2v) is 9.44. The van der Waals surface area contributed by atoms with E-state index in [0.29, 0.717) is 17.3 Å². The molecule has 7 heteroatoms. The molecule has 0 spiro atoms. The number of carbonyl (C=O) groups is 2. The summed E-state index contributed by atoms with van der Waals surface area (Å²) in [5.41, 5.74) is 1.98. The molecular weight excluding hydrogens is 390 g/mol. The van der Waals surface area contributed by atoms with Gasteiger partial charge < -0.3 is 10.6 Å². The van der Waals surface area contributed by atoms with Crippen LogP contribution in [0.1, 0.15) is 43.0 Å². The van der Waals surface area contributed by atoms with Gasteiger partial charge in [-0.1, -0.05) is 18.9 Å². The van der Waals surface area contributed by atoms with Crippen LogP contribution in [0.25, 0.3) is 0 Å². The van der Waals surface area contributed by atoms with E-state index >= 15 is 0 Å². The van der Waals surface area contributed by atoms with E-state index in [1.54, 1.807) is 24.1 Å². The lowest BCUT2D eigenvalue weighted by Crippen LogP contribution is -2.26. The van der Waals surface area contributed by atoms with Crippen LogP contribution in [0.2, 0.25) is 0 Å². The number of benzene rings is 2. The summed E-state index contributed by atoms with van der Waals surface area (Å²) in [6.07, 6.45) is 5.06. The molecule has 0 radical (unpaired) electrons. The highest BCUT2D eigenvalue weighted by molar-refractivity contribution is 8.01. The lowest BCUT2D eigenvalue weighted by Gasteiger charge is -2.21. The number of thioether (sulfide) groups is 1. The fraction of sp³-hybridized carbons (Fsp3) is 0.333. The second kappa shape index (κ2) is 8.59. The Morgan fingerprint density at radius 2 is 2.00 bits per heavy atom. The van der Waals surface area contributed by atoms with Crippen molar-refractivity contribution in [2.45, 2.75) is 53.7 Å². The first kappa shape index (κ1) is 19.4. The number of amides is 2. The third kappa shape index (κ3) is 4.54. The molecule has 1 atom stereocenters. The maximum Gasteiger partial charge on any atom is 0.255 e. The first-order valence-corrected chi connectivity index (χ1v) is 11.2. The normalized spacial score (nSPS) is 19.2. The van der Waals surface area contributed by atoms with Gasteiger partial charge in [0.1, 0.15) is 0 Å². The summed E-state index contributed by atoms with van der Waals surface area (Å²) in [5.74, 6) is -0.221. The molecule has 0 aromatic heterocycles. The lowest BCUT2D eigenvalue weighted by molar-refractivity contribution is -0.115. The van der Waals surface area contributed by atoms with E-state index in [0.717, 1.165) is 15.5 Å². The summed E-state index contributed by atoms with van der Waals surface area (Å²) < 4.78 is 3.51. The fourth-order valence-electron chi connectivity index (χ4n) is 3.39. The Bertz CT molecular complexity index is 897. The number of rotatable bonds is 5. The highest BCUT2D eigenvalue weighted by Crippen LogP contribution is 2.36. The highest BCUT2D eigenvalue weighted by atomic mass is 32.2. The van der Waals surface area contributed by atoms with E-state index in [9.17, 15) is 9.59 Å². The van der Waals surface area contributed by atoms with Gasteiger partial charge in [0, 0.05) is 27.1 Å². The van der Waals surface area contributed by atoms with E-state index in [-0.39, 0.29) is 17.1 Å². The first-order chi connectivity index (χ1) is 13.6. The van der Waals surface area contributed by atoms with Crippen molar-refractivity contribution < 1.29 is 9.59 Å². The van der Waals surface area contributed by atoms with Crippen molar-refractivity contribution in [3.63, 3.8) is 0 Å². The van der Waals surface area contributed by atoms with Crippen LogP contribution < -0.4 is 15.4 Å². The first-order valence-electron chi connectivity index (χ1n) is 9.54. The Balaban J connectivity index is 1.41. The predicted molar refractivity (Wildman–Crippen MR) is 116 cm³/mol. The molecule has 5 nitrogen and oxygen atoms in total. The van der Waals surface area contributed by atoms with Gasteiger partial charge in [-0.15, -0.1) is 11.8 Å². The van der Waals surface area contributed by atoms with Crippen LogP contribution in [0.4, 0.5) is 11.4 Å². The molecule has 4 rings (SSSR count). The zero-order chi connectivity index (χ0) is 19.5. The fourth-order valence-corrected chi connectivity index (χ4v) is 5.19. The van der Waals surface area contributed by atoms with E-state index < -0.39 is 0 Å². The zero-order valence-corrected chi connectivity index (χ0v) is 17.3. The van der Waals surface area contributed by atoms with Gasteiger partial charge in [0.25, 0.3) is 5.91 Å². The van der Waals surface area contributed by atoms with Crippen LogP contribution in [-0.2, 0) is 4.79 Å². The van der Waals surface area contributed by atoms with Gasteiger partial charge in [-0.3, -0.25) is 14.3 Å². The van der Waals surface area contributed by atoms with Gasteiger partial charge in [0.2, 0.25) is 5.91 Å². The quantitative estimate of drug-likeness (QED) is 0.608. The molecule has 0 bridgehead atoms. The smallest absolute Gasteiger partial charge is 0.255 e. The Labute approximate surface area is 173 Å². The summed E-state index contributed by atoms with van der Waals surface area (Å²) >= 11 is 3.13. The average Bonchev–Trinajstić information content (AvgIpc) is 3.21. The van der Waals surface area contributed by atoms with Crippen LogP contribution in [0, 0.1) is 0 Å². The predicted octanol–water partition coefficient (Wildman–Crippen LogP) is 4.91. The Kier molecular flexibility index (Phi) is 5.94. The van der Waals surface area contributed by atoms with Crippen molar-refractivity contribution in [1.82, 2.24) is 4.72 Å². The lowest BCUT2D eigenvalue weighted by atomic mass is 10.1. The second-order valence-electron chi connectivity index (χ2n) is 7.14. The standard InChI is InChI=1S/C21H23N3O2S2/c1-13-20(25)23-18-11-14(9-10-19(18)27-13)21(26)22-16-7-4-8-17(12-16)28-24-15-5-2-3-6-15/h4,7-13,15,24H,2-3,5-6H2,1H3,(H,22,26)(H,23,25). The van der Waals surface area contributed by atoms with Gasteiger partial charge in [-0.05, 0) is 68.1 Å². The molecule has 1 unspecified atom stereocenters. The Hall–Kier alpha value is -1.96. The molecule has 3 N–H and O–H groups in total. The summed E-state index contributed by atoms with van der Waals surface area (Å²) in [5, 5.41) is 5.70. The van der Waals surface area contributed by atoms with E-state index in [2.05, 4.69) is 15.4 Å². The molecule has 2 aromatic carbocycles. The maximum atomic E-state index is 12.7. The number of fused-ring (bicyclic) bond motifs is 1. The van der Waals surface area contributed by atoms with Gasteiger partial charge in [-0.2, -0.15) is 0 Å². The van der Waals surface area contributed by atoms with Crippen LogP contribution in [0.5, 0.6) is 0 Å². The van der Waals surface area contributed by atoms with Crippen LogP contribution in [0.3, 0.4) is 0 Å². The van der Waals surface area contributed by atoms with Crippen molar-refractivity contribution in [2.75, 3.05) is 10.6 Å². The summed E-state index contributed by atoms with van der Waals surface area (Å²) in [6, 6.07) is 13.8. The van der Waals surface area contributed by atoms with Gasteiger partial charge in [0.15, 0.2) is 0 Å².